The molecule has 0 aromatic carbocycles. The molecule has 30 heavy (non-hydrogen) atoms. The van der Waals surface area contributed by atoms with Crippen molar-refractivity contribution in [2.45, 2.75) is 58.5 Å². The number of ketones is 1. The number of amides is 1. The van der Waals surface area contributed by atoms with Crippen LogP contribution in [0.1, 0.15) is 59.6 Å². The number of hydrogen-bond acceptors (Lipinski definition) is 5. The van der Waals surface area contributed by atoms with Crippen molar-refractivity contribution in [3.63, 3.8) is 0 Å². The van der Waals surface area contributed by atoms with Gasteiger partial charge in [-0.25, -0.2) is 0 Å². The lowest BCUT2D eigenvalue weighted by Gasteiger charge is -2.23. The summed E-state index contributed by atoms with van der Waals surface area (Å²) in [5, 5.41) is 0. The Morgan fingerprint density at radius 3 is 2.70 bits per heavy atom. The van der Waals surface area contributed by atoms with Crippen LogP contribution in [0.4, 0.5) is 0 Å². The van der Waals surface area contributed by atoms with E-state index in [9.17, 15) is 14.4 Å². The molecule has 2 aromatic heterocycles. The van der Waals surface area contributed by atoms with E-state index in [0.717, 1.165) is 42.8 Å². The molecule has 0 radical (unpaired) electrons. The summed E-state index contributed by atoms with van der Waals surface area (Å²) in [6, 6.07) is 5.79. The van der Waals surface area contributed by atoms with Gasteiger partial charge >= 0.3 is 5.97 Å². The fourth-order valence-electron chi connectivity index (χ4n) is 4.68. The van der Waals surface area contributed by atoms with Crippen molar-refractivity contribution in [2.24, 2.45) is 5.92 Å². The van der Waals surface area contributed by atoms with Gasteiger partial charge in [-0.05, 0) is 44.9 Å². The molecule has 1 amide bonds. The monoisotopic (exact) mass is 412 g/mol. The number of rotatable bonds is 7. The highest BCUT2D eigenvalue weighted by Gasteiger charge is 2.39. The van der Waals surface area contributed by atoms with Crippen LogP contribution in [0.2, 0.25) is 0 Å². The van der Waals surface area contributed by atoms with Crippen molar-refractivity contribution in [2.75, 3.05) is 13.2 Å². The van der Waals surface area contributed by atoms with E-state index in [1.165, 1.54) is 0 Å². The Bertz CT molecular complexity index is 937. The Balaban J connectivity index is 1.34. The van der Waals surface area contributed by atoms with Crippen LogP contribution in [0.5, 0.6) is 0 Å². The largest absolute Gasteiger partial charge is 0.467 e. The van der Waals surface area contributed by atoms with Crippen LogP contribution in [0.25, 0.3) is 0 Å². The first kappa shape index (κ1) is 20.4. The van der Waals surface area contributed by atoms with Gasteiger partial charge in [0.25, 0.3) is 0 Å². The zero-order valence-corrected chi connectivity index (χ0v) is 17.6. The average Bonchev–Trinajstić information content (AvgIpc) is 3.51. The number of carbonyl (C=O) groups is 3. The molecule has 0 spiro atoms. The molecule has 0 N–H and O–H groups in total. The Kier molecular flexibility index (Phi) is 5.79. The molecule has 0 unspecified atom stereocenters. The first-order valence-corrected chi connectivity index (χ1v) is 10.6. The van der Waals surface area contributed by atoms with Gasteiger partial charge in [-0.15, -0.1) is 0 Å². The molecule has 7 nitrogen and oxygen atoms in total. The molecule has 2 fully saturated rings. The fraction of sp³-hybridized carbons (Fsp3) is 0.522. The molecule has 0 bridgehead atoms. The zero-order chi connectivity index (χ0) is 21.3. The Morgan fingerprint density at radius 2 is 2.00 bits per heavy atom. The molecule has 1 aliphatic carbocycles. The predicted octanol–water partition coefficient (Wildman–Crippen LogP) is 3.26. The van der Waals surface area contributed by atoms with E-state index in [4.69, 9.17) is 9.15 Å². The van der Waals surface area contributed by atoms with Gasteiger partial charge in [0.05, 0.1) is 18.7 Å². The van der Waals surface area contributed by atoms with Crippen LogP contribution in [0, 0.1) is 19.8 Å². The third-order valence-corrected chi connectivity index (χ3v) is 6.37. The molecule has 2 aliphatic rings. The summed E-state index contributed by atoms with van der Waals surface area (Å²) in [5.41, 5.74) is 2.29. The summed E-state index contributed by atoms with van der Waals surface area (Å²) < 4.78 is 12.7. The number of carbonyl (C=O) groups excluding carboxylic acids is 3. The van der Waals surface area contributed by atoms with Crippen LogP contribution in [-0.2, 0) is 20.9 Å². The molecular formula is C23H28N2O5. The fourth-order valence-corrected chi connectivity index (χ4v) is 4.68. The van der Waals surface area contributed by atoms with Gasteiger partial charge in [0.1, 0.15) is 5.76 Å². The van der Waals surface area contributed by atoms with E-state index in [1.54, 1.807) is 6.26 Å². The van der Waals surface area contributed by atoms with Gasteiger partial charge in [-0.1, -0.05) is 12.8 Å². The third-order valence-electron chi connectivity index (χ3n) is 6.37. The van der Waals surface area contributed by atoms with Crippen LogP contribution >= 0.6 is 0 Å². The van der Waals surface area contributed by atoms with Crippen molar-refractivity contribution in [3.8, 4) is 0 Å². The van der Waals surface area contributed by atoms with Crippen LogP contribution in [-0.4, -0.2) is 46.3 Å². The number of ether oxygens (including phenoxy) is 1. The van der Waals surface area contributed by atoms with Gasteiger partial charge in [0.15, 0.2) is 6.61 Å². The number of hydrogen-bond donors (Lipinski definition) is 0. The van der Waals surface area contributed by atoms with Gasteiger partial charge in [0.2, 0.25) is 11.7 Å². The summed E-state index contributed by atoms with van der Waals surface area (Å²) in [6.45, 7) is 4.45. The number of aromatic nitrogens is 1. The second-order valence-corrected chi connectivity index (χ2v) is 8.37. The molecule has 1 atom stereocenters. The van der Waals surface area contributed by atoms with Crippen molar-refractivity contribution >= 4 is 17.7 Å². The highest BCUT2D eigenvalue weighted by atomic mass is 16.5. The van der Waals surface area contributed by atoms with E-state index in [0.29, 0.717) is 18.7 Å². The van der Waals surface area contributed by atoms with E-state index in [1.807, 2.05) is 41.5 Å². The molecule has 1 aliphatic heterocycles. The number of likely N-dealkylation sites (tertiary alicyclic amines) is 1. The summed E-state index contributed by atoms with van der Waals surface area (Å²) in [5.74, 6) is -0.338. The standard InChI is InChI=1S/C23H28N2O5/c1-15-10-20(16(2)24(15)13-19-8-5-9-29-19)21(26)14-30-23(28)17-11-22(27)25(12-17)18-6-3-4-7-18/h5,8-10,17-18H,3-4,6-7,11-14H2,1-2H3/t17-/m1/s1. The maximum Gasteiger partial charge on any atom is 0.311 e. The molecule has 7 heteroatoms. The van der Waals surface area contributed by atoms with Crippen molar-refractivity contribution in [1.82, 2.24) is 9.47 Å². The number of aryl methyl sites for hydroxylation is 1. The average molecular weight is 412 g/mol. The highest BCUT2D eigenvalue weighted by Crippen LogP contribution is 2.30. The minimum atomic E-state index is -0.475. The number of furan rings is 1. The Labute approximate surface area is 176 Å². The molecular weight excluding hydrogens is 384 g/mol. The minimum Gasteiger partial charge on any atom is -0.467 e. The maximum absolute atomic E-state index is 12.7. The van der Waals surface area contributed by atoms with Crippen LogP contribution in [0.15, 0.2) is 28.9 Å². The topological polar surface area (TPSA) is 81.8 Å². The summed E-state index contributed by atoms with van der Waals surface area (Å²) >= 11 is 0. The molecule has 4 rings (SSSR count). The van der Waals surface area contributed by atoms with Gasteiger partial charge in [-0.3, -0.25) is 14.4 Å². The van der Waals surface area contributed by atoms with E-state index in [2.05, 4.69) is 0 Å². The number of esters is 1. The molecule has 1 saturated carbocycles. The predicted molar refractivity (Wildman–Crippen MR) is 109 cm³/mol. The maximum atomic E-state index is 12.7. The molecule has 2 aromatic rings. The van der Waals surface area contributed by atoms with E-state index < -0.39 is 11.9 Å². The molecule has 1 saturated heterocycles. The van der Waals surface area contributed by atoms with Gasteiger partial charge in [-0.2, -0.15) is 0 Å². The van der Waals surface area contributed by atoms with Gasteiger partial charge < -0.3 is 18.6 Å². The number of nitrogens with zero attached hydrogens (tertiary/aromatic N) is 2. The zero-order valence-electron chi connectivity index (χ0n) is 17.6. The van der Waals surface area contributed by atoms with Crippen LogP contribution < -0.4 is 0 Å². The summed E-state index contributed by atoms with van der Waals surface area (Å²) in [7, 11) is 0. The molecule has 3 heterocycles. The smallest absolute Gasteiger partial charge is 0.311 e. The number of Topliss-reactive ketones (excluding diaryl/α,β-unsaturated/α-hetero) is 1. The lowest BCUT2D eigenvalue weighted by molar-refractivity contribution is -0.147. The van der Waals surface area contributed by atoms with Crippen molar-refractivity contribution in [3.05, 3.63) is 47.2 Å². The van der Waals surface area contributed by atoms with Crippen molar-refractivity contribution in [1.29, 1.82) is 0 Å². The summed E-state index contributed by atoms with van der Waals surface area (Å²) in [4.78, 5) is 39.3. The first-order valence-electron chi connectivity index (χ1n) is 10.6. The van der Waals surface area contributed by atoms with Crippen molar-refractivity contribution < 1.29 is 23.5 Å². The third kappa shape index (κ3) is 4.06. The quantitative estimate of drug-likeness (QED) is 0.515. The SMILES string of the molecule is Cc1cc(C(=O)COC(=O)[C@@H]2CC(=O)N(C3CCCC3)C2)c(C)n1Cc1ccco1. The minimum absolute atomic E-state index is 0.0247. The highest BCUT2D eigenvalue weighted by molar-refractivity contribution is 5.99. The first-order chi connectivity index (χ1) is 14.4. The second kappa shape index (κ2) is 8.50. The Morgan fingerprint density at radius 1 is 1.23 bits per heavy atom. The normalized spacial score (nSPS) is 19.6. The molecule has 160 valence electrons. The second-order valence-electron chi connectivity index (χ2n) is 8.37. The Hall–Kier alpha value is -2.83. The summed E-state index contributed by atoms with van der Waals surface area (Å²) in [6.07, 6.45) is 6.10. The lowest BCUT2D eigenvalue weighted by atomic mass is 10.1. The van der Waals surface area contributed by atoms with Gasteiger partial charge in [0, 0.05) is 36.0 Å². The van der Waals surface area contributed by atoms with Crippen LogP contribution in [0.3, 0.4) is 0 Å². The lowest BCUT2D eigenvalue weighted by Crippen LogP contribution is -2.35. The van der Waals surface area contributed by atoms with E-state index >= 15 is 0 Å². The van der Waals surface area contributed by atoms with E-state index in [-0.39, 0.29) is 30.8 Å².